The van der Waals surface area contributed by atoms with E-state index in [0.717, 1.165) is 25.7 Å². The normalized spacial score (nSPS) is 19.4. The Hall–Kier alpha value is -0.600. The summed E-state index contributed by atoms with van der Waals surface area (Å²) in [5, 5.41) is 9.62. The Labute approximate surface area is 93.9 Å². The lowest BCUT2D eigenvalue weighted by atomic mass is 9.79. The Bertz CT molecular complexity index is 359. The van der Waals surface area contributed by atoms with Gasteiger partial charge in [-0.3, -0.25) is 0 Å². The molecule has 1 N–H and O–H groups in total. The number of aliphatic hydroxyl groups excluding tert-OH is 1. The molecular weight excluding hydrogens is 215 g/mol. The average Bonchev–Trinajstić information content (AvgIpc) is 2.72. The molecule has 0 heterocycles. The lowest BCUT2D eigenvalue weighted by Crippen LogP contribution is -2.28. The highest BCUT2D eigenvalue weighted by Gasteiger charge is 2.37. The van der Waals surface area contributed by atoms with Gasteiger partial charge in [0.15, 0.2) is 0 Å². The van der Waals surface area contributed by atoms with Gasteiger partial charge in [-0.25, -0.2) is 4.39 Å². The summed E-state index contributed by atoms with van der Waals surface area (Å²) in [6, 6.07) is 5.03. The van der Waals surface area contributed by atoms with Gasteiger partial charge in [-0.15, -0.1) is 0 Å². The zero-order valence-electron chi connectivity index (χ0n) is 8.47. The maximum absolute atomic E-state index is 13.8. The summed E-state index contributed by atoms with van der Waals surface area (Å²) in [4.78, 5) is 0. The molecule has 1 aliphatic carbocycles. The summed E-state index contributed by atoms with van der Waals surface area (Å²) in [5.74, 6) is -0.366. The quantitative estimate of drug-likeness (QED) is 0.824. The predicted octanol–water partition coefficient (Wildman–Crippen LogP) is 3.28. The van der Waals surface area contributed by atoms with Crippen LogP contribution in [0, 0.1) is 5.82 Å². The van der Waals surface area contributed by atoms with Gasteiger partial charge < -0.3 is 5.11 Å². The standard InChI is InChI=1S/C12H14ClFO/c13-10-5-3-4-9(11(10)14)12(8-15)6-1-2-7-12/h3-5,15H,1-2,6-8H2. The third-order valence-electron chi connectivity index (χ3n) is 3.39. The van der Waals surface area contributed by atoms with Crippen molar-refractivity contribution in [3.63, 3.8) is 0 Å². The van der Waals surface area contributed by atoms with Gasteiger partial charge in [0.2, 0.25) is 0 Å². The molecule has 1 nitrogen and oxygen atoms in total. The fourth-order valence-electron chi connectivity index (χ4n) is 2.48. The number of benzene rings is 1. The molecule has 0 bridgehead atoms. The zero-order valence-corrected chi connectivity index (χ0v) is 9.23. The number of hydrogen-bond acceptors (Lipinski definition) is 1. The fourth-order valence-corrected chi connectivity index (χ4v) is 2.65. The van der Waals surface area contributed by atoms with Gasteiger partial charge in [0, 0.05) is 5.41 Å². The van der Waals surface area contributed by atoms with E-state index < -0.39 is 5.41 Å². The van der Waals surface area contributed by atoms with E-state index in [1.165, 1.54) is 0 Å². The van der Waals surface area contributed by atoms with E-state index in [2.05, 4.69) is 0 Å². The van der Waals surface area contributed by atoms with Crippen molar-refractivity contribution in [1.82, 2.24) is 0 Å². The fraction of sp³-hybridized carbons (Fsp3) is 0.500. The van der Waals surface area contributed by atoms with Gasteiger partial charge >= 0.3 is 0 Å². The predicted molar refractivity (Wildman–Crippen MR) is 58.6 cm³/mol. The van der Waals surface area contributed by atoms with E-state index in [4.69, 9.17) is 11.6 Å². The molecule has 1 aromatic rings. The molecule has 82 valence electrons. The smallest absolute Gasteiger partial charge is 0.145 e. The molecule has 15 heavy (non-hydrogen) atoms. The van der Waals surface area contributed by atoms with Crippen molar-refractivity contribution in [3.8, 4) is 0 Å². The molecule has 0 aromatic heterocycles. The summed E-state index contributed by atoms with van der Waals surface area (Å²) < 4.78 is 13.8. The molecule has 1 aromatic carbocycles. The lowest BCUT2D eigenvalue weighted by molar-refractivity contribution is 0.192. The zero-order chi connectivity index (χ0) is 10.9. The molecule has 0 atom stereocenters. The Morgan fingerprint density at radius 1 is 1.33 bits per heavy atom. The van der Waals surface area contributed by atoms with Crippen molar-refractivity contribution >= 4 is 11.6 Å². The molecule has 0 spiro atoms. The first-order valence-corrected chi connectivity index (χ1v) is 5.63. The van der Waals surface area contributed by atoms with Crippen LogP contribution in [0.4, 0.5) is 4.39 Å². The second kappa shape index (κ2) is 4.11. The minimum atomic E-state index is -0.394. The van der Waals surface area contributed by atoms with Crippen LogP contribution in [0.25, 0.3) is 0 Å². The van der Waals surface area contributed by atoms with Crippen molar-refractivity contribution in [2.75, 3.05) is 6.61 Å². The van der Waals surface area contributed by atoms with Gasteiger partial charge in [0.05, 0.1) is 11.6 Å². The maximum Gasteiger partial charge on any atom is 0.145 e. The lowest BCUT2D eigenvalue weighted by Gasteiger charge is -2.27. The van der Waals surface area contributed by atoms with Gasteiger partial charge in [0.1, 0.15) is 5.82 Å². The summed E-state index contributed by atoms with van der Waals surface area (Å²) in [5.41, 5.74) is 0.185. The Morgan fingerprint density at radius 2 is 2.00 bits per heavy atom. The van der Waals surface area contributed by atoms with Crippen molar-refractivity contribution in [3.05, 3.63) is 34.6 Å². The number of halogens is 2. The number of rotatable bonds is 2. The van der Waals surface area contributed by atoms with E-state index in [0.29, 0.717) is 5.56 Å². The van der Waals surface area contributed by atoms with Gasteiger partial charge in [-0.1, -0.05) is 36.6 Å². The molecule has 0 aliphatic heterocycles. The van der Waals surface area contributed by atoms with E-state index in [-0.39, 0.29) is 17.4 Å². The highest BCUT2D eigenvalue weighted by molar-refractivity contribution is 6.30. The van der Waals surface area contributed by atoms with Crippen molar-refractivity contribution < 1.29 is 9.50 Å². The van der Waals surface area contributed by atoms with Gasteiger partial charge in [0.25, 0.3) is 0 Å². The molecule has 2 rings (SSSR count). The first-order chi connectivity index (χ1) is 7.19. The first-order valence-electron chi connectivity index (χ1n) is 5.25. The van der Waals surface area contributed by atoms with Crippen LogP contribution in [0.2, 0.25) is 5.02 Å². The summed E-state index contributed by atoms with van der Waals surface area (Å²) in [6.07, 6.45) is 3.79. The van der Waals surface area contributed by atoms with E-state index in [1.54, 1.807) is 18.2 Å². The SMILES string of the molecule is OCC1(c2cccc(Cl)c2F)CCCC1. The Balaban J connectivity index is 2.47. The molecular formula is C12H14ClFO. The minimum Gasteiger partial charge on any atom is -0.395 e. The molecule has 3 heteroatoms. The average molecular weight is 229 g/mol. The van der Waals surface area contributed by atoms with Crippen LogP contribution in [0.3, 0.4) is 0 Å². The van der Waals surface area contributed by atoms with Crippen LogP contribution in [-0.2, 0) is 5.41 Å². The van der Waals surface area contributed by atoms with Gasteiger partial charge in [-0.05, 0) is 24.5 Å². The molecule has 1 fully saturated rings. The van der Waals surface area contributed by atoms with Crippen LogP contribution in [0.1, 0.15) is 31.2 Å². The monoisotopic (exact) mass is 228 g/mol. The van der Waals surface area contributed by atoms with E-state index in [1.807, 2.05) is 0 Å². The maximum atomic E-state index is 13.8. The second-order valence-corrected chi connectivity index (χ2v) is 4.65. The third kappa shape index (κ3) is 1.77. The Morgan fingerprint density at radius 3 is 2.60 bits per heavy atom. The minimum absolute atomic E-state index is 0.00423. The van der Waals surface area contributed by atoms with Crippen molar-refractivity contribution in [1.29, 1.82) is 0 Å². The van der Waals surface area contributed by atoms with Crippen LogP contribution < -0.4 is 0 Å². The number of aliphatic hydroxyl groups is 1. The third-order valence-corrected chi connectivity index (χ3v) is 3.68. The number of hydrogen-bond donors (Lipinski definition) is 1. The molecule has 0 amide bonds. The summed E-state index contributed by atoms with van der Waals surface area (Å²) in [6.45, 7) is 0.00423. The molecule has 1 aliphatic rings. The highest BCUT2D eigenvalue weighted by atomic mass is 35.5. The highest BCUT2D eigenvalue weighted by Crippen LogP contribution is 2.42. The summed E-state index contributed by atoms with van der Waals surface area (Å²) >= 11 is 5.75. The second-order valence-electron chi connectivity index (χ2n) is 4.25. The van der Waals surface area contributed by atoms with E-state index in [9.17, 15) is 9.50 Å². The Kier molecular flexibility index (Phi) is 2.98. The summed E-state index contributed by atoms with van der Waals surface area (Å²) in [7, 11) is 0. The first kappa shape index (κ1) is 10.9. The van der Waals surface area contributed by atoms with Crippen molar-refractivity contribution in [2.24, 2.45) is 0 Å². The molecule has 0 radical (unpaired) electrons. The topological polar surface area (TPSA) is 20.2 Å². The largest absolute Gasteiger partial charge is 0.395 e. The molecule has 1 saturated carbocycles. The van der Waals surface area contributed by atoms with Crippen molar-refractivity contribution in [2.45, 2.75) is 31.1 Å². The van der Waals surface area contributed by atoms with Crippen LogP contribution in [-0.4, -0.2) is 11.7 Å². The molecule has 0 unspecified atom stereocenters. The molecule has 0 saturated heterocycles. The van der Waals surface area contributed by atoms with E-state index >= 15 is 0 Å². The van der Waals surface area contributed by atoms with Crippen LogP contribution in [0.15, 0.2) is 18.2 Å². The van der Waals surface area contributed by atoms with Crippen LogP contribution in [0.5, 0.6) is 0 Å². The van der Waals surface area contributed by atoms with Gasteiger partial charge in [-0.2, -0.15) is 0 Å². The van der Waals surface area contributed by atoms with Crippen LogP contribution >= 0.6 is 11.6 Å².